The predicted molar refractivity (Wildman–Crippen MR) is 258 cm³/mol. The maximum Gasteiger partial charge on any atom is 0.331 e. The van der Waals surface area contributed by atoms with E-state index in [1.807, 2.05) is 0 Å². The molecule has 2 aliphatic carbocycles. The highest BCUT2D eigenvalue weighted by molar-refractivity contribution is 6.56. The average Bonchev–Trinajstić information content (AvgIpc) is 3.98. The molecule has 0 radical (unpaired) electrons. The number of hydrogen-bond acceptors (Lipinski definition) is 13. The van der Waals surface area contributed by atoms with E-state index in [-0.39, 0.29) is 115 Å². The van der Waals surface area contributed by atoms with Crippen molar-refractivity contribution in [1.82, 2.24) is 9.97 Å². The van der Waals surface area contributed by atoms with Crippen molar-refractivity contribution in [1.29, 1.82) is 0 Å². The lowest BCUT2D eigenvalue weighted by Gasteiger charge is -2.24. The van der Waals surface area contributed by atoms with Gasteiger partial charge in [-0.15, -0.1) is 0 Å². The summed E-state index contributed by atoms with van der Waals surface area (Å²) >= 11 is 50.3. The van der Waals surface area contributed by atoms with Crippen molar-refractivity contribution in [3.8, 4) is 35.0 Å². The minimum absolute atomic E-state index is 0.0109. The Balaban J connectivity index is 1.24. The Bertz CT molecular complexity index is 2220. The zero-order chi connectivity index (χ0) is 48.0. The molecule has 23 heteroatoms. The molecule has 0 amide bonds. The third kappa shape index (κ3) is 15.6. The van der Waals surface area contributed by atoms with Gasteiger partial charge in [0.15, 0.2) is 0 Å². The maximum atomic E-state index is 11.9. The van der Waals surface area contributed by atoms with Crippen LogP contribution in [-0.4, -0.2) is 58.5 Å². The van der Waals surface area contributed by atoms with Crippen LogP contribution in [0.1, 0.15) is 87.5 Å². The lowest BCUT2D eigenvalue weighted by Crippen LogP contribution is -2.17. The minimum Gasteiger partial charge on any atom is -0.489 e. The van der Waals surface area contributed by atoms with Crippen LogP contribution in [0, 0.1) is 20.2 Å². The fourth-order valence-corrected chi connectivity index (χ4v) is 9.02. The van der Waals surface area contributed by atoms with Gasteiger partial charge in [0, 0.05) is 48.2 Å². The predicted octanol–water partition coefficient (Wildman–Crippen LogP) is 14.7. The first-order chi connectivity index (χ1) is 32.1. The number of benzene rings is 2. The van der Waals surface area contributed by atoms with Gasteiger partial charge < -0.3 is 33.2 Å². The van der Waals surface area contributed by atoms with Crippen LogP contribution >= 0.6 is 92.8 Å². The van der Waals surface area contributed by atoms with Crippen LogP contribution in [0.5, 0.6) is 35.0 Å². The summed E-state index contributed by atoms with van der Waals surface area (Å²) in [4.78, 5) is 31.6. The van der Waals surface area contributed by atoms with Crippen molar-refractivity contribution in [2.24, 2.45) is 0 Å². The second-order valence-corrected chi connectivity index (χ2v) is 18.8. The molecule has 6 rings (SSSR count). The molecule has 2 aromatic carbocycles. The monoisotopic (exact) mass is 1080 g/mol. The highest BCUT2D eigenvalue weighted by Gasteiger charge is 2.29. The molecule has 0 bridgehead atoms. The lowest BCUT2D eigenvalue weighted by atomic mass is 10.1. The number of rotatable bonds is 24. The van der Waals surface area contributed by atoms with Crippen molar-refractivity contribution >= 4 is 104 Å². The first kappa shape index (κ1) is 52.5. The van der Waals surface area contributed by atoms with E-state index >= 15 is 0 Å². The second kappa shape index (κ2) is 25.6. The number of pyridine rings is 2. The molecule has 2 fully saturated rings. The quantitative estimate of drug-likeness (QED) is 0.0368. The van der Waals surface area contributed by atoms with Crippen molar-refractivity contribution in [3.05, 3.63) is 121 Å². The molecule has 0 aliphatic heterocycles. The molecule has 2 unspecified atom stereocenters. The highest BCUT2D eigenvalue weighted by atomic mass is 35.5. The van der Waals surface area contributed by atoms with Gasteiger partial charge in [-0.05, 0) is 87.8 Å². The minimum atomic E-state index is -0.922. The van der Waals surface area contributed by atoms with E-state index in [4.69, 9.17) is 126 Å². The average molecular weight is 1090 g/mol. The molecule has 2 aliphatic rings. The van der Waals surface area contributed by atoms with Crippen LogP contribution in [0.25, 0.3) is 0 Å². The summed E-state index contributed by atoms with van der Waals surface area (Å²) in [5, 5.41) is 24.6. The molecule has 4 aromatic rings. The Labute approximate surface area is 425 Å². The first-order valence-electron chi connectivity index (χ1n) is 21.0. The van der Waals surface area contributed by atoms with E-state index in [0.29, 0.717) is 22.6 Å². The molecular weight excluding hydrogens is 1040 g/mol. The zero-order valence-corrected chi connectivity index (χ0v) is 41.3. The summed E-state index contributed by atoms with van der Waals surface area (Å²) < 4.78 is 42.4. The number of halogens is 8. The molecule has 15 nitrogen and oxygen atoms in total. The number of ether oxygens (including phenoxy) is 7. The largest absolute Gasteiger partial charge is 0.489 e. The molecule has 2 heterocycles. The third-order valence-corrected chi connectivity index (χ3v) is 12.4. The van der Waals surface area contributed by atoms with Gasteiger partial charge in [0.1, 0.15) is 58.1 Å². The molecule has 2 saturated carbocycles. The van der Waals surface area contributed by atoms with Gasteiger partial charge in [-0.3, -0.25) is 20.2 Å². The molecule has 0 spiro atoms. The normalized spacial score (nSPS) is 14.8. The Hall–Kier alpha value is -3.90. The number of nitrogens with zero attached hydrogens (tertiary/aromatic N) is 4. The molecule has 2 atom stereocenters. The van der Waals surface area contributed by atoms with E-state index in [0.717, 1.165) is 51.4 Å². The van der Waals surface area contributed by atoms with Gasteiger partial charge in [-0.1, -0.05) is 92.8 Å². The van der Waals surface area contributed by atoms with Crippen molar-refractivity contribution in [2.45, 2.75) is 88.6 Å². The second-order valence-electron chi connectivity index (χ2n) is 15.1. The molecule has 0 N–H and O–H groups in total. The summed E-state index contributed by atoms with van der Waals surface area (Å²) in [5.74, 6) is 0.318. The van der Waals surface area contributed by atoms with Gasteiger partial charge in [0.25, 0.3) is 11.8 Å². The van der Waals surface area contributed by atoms with E-state index in [1.54, 1.807) is 24.3 Å². The van der Waals surface area contributed by atoms with Gasteiger partial charge in [-0.2, -0.15) is 9.97 Å². The van der Waals surface area contributed by atoms with Crippen LogP contribution in [0.3, 0.4) is 0 Å². The summed E-state index contributed by atoms with van der Waals surface area (Å²) in [6.07, 6.45) is 7.55. The number of nitro groups is 2. The maximum absolute atomic E-state index is 11.9. The van der Waals surface area contributed by atoms with E-state index < -0.39 is 22.1 Å². The van der Waals surface area contributed by atoms with Gasteiger partial charge in [-0.25, -0.2) is 0 Å². The Morgan fingerprint density at radius 1 is 0.612 bits per heavy atom. The standard InChI is InChI=1S/C44H42Cl8N4O11/c45-29-21-27(62-19-15-37(49)50)22-30(46)41(29)35(66-39-11-9-33(55(57)58)43(53-39)64-25-5-1-2-6-25)13-17-61-18-14-36(42-31(47)23-28(24-32(42)48)63-20-16-38(51)52)67-40-12-10-34(56(59)60)44(54-40)65-26-7-3-4-8-26/h9-12,15-16,21-26,35-36H,1-8,13-14,17-20H2. The zero-order valence-electron chi connectivity index (χ0n) is 35.3. The van der Waals surface area contributed by atoms with Crippen LogP contribution < -0.4 is 28.4 Å². The smallest absolute Gasteiger partial charge is 0.331 e. The summed E-state index contributed by atoms with van der Waals surface area (Å²) in [6, 6.07) is 11.4. The number of aromatic nitrogens is 2. The highest BCUT2D eigenvalue weighted by Crippen LogP contribution is 2.42. The van der Waals surface area contributed by atoms with Crippen molar-refractivity contribution in [3.63, 3.8) is 0 Å². The van der Waals surface area contributed by atoms with Crippen molar-refractivity contribution < 1.29 is 43.0 Å². The Kier molecular flexibility index (Phi) is 20.1. The Morgan fingerprint density at radius 2 is 0.970 bits per heavy atom. The van der Waals surface area contributed by atoms with Crippen LogP contribution in [0.4, 0.5) is 11.4 Å². The summed E-state index contributed by atoms with van der Waals surface area (Å²) in [5.41, 5.74) is 0.0948. The van der Waals surface area contributed by atoms with Gasteiger partial charge in [0.2, 0.25) is 11.8 Å². The topological polar surface area (TPSA) is 177 Å². The molecule has 2 aromatic heterocycles. The molecule has 360 valence electrons. The van der Waals surface area contributed by atoms with Crippen LogP contribution in [-0.2, 0) is 4.74 Å². The number of hydrogen-bond donors (Lipinski definition) is 0. The van der Waals surface area contributed by atoms with E-state index in [2.05, 4.69) is 9.97 Å². The van der Waals surface area contributed by atoms with Crippen LogP contribution in [0.2, 0.25) is 20.1 Å². The fourth-order valence-electron chi connectivity index (χ4n) is 7.35. The Morgan fingerprint density at radius 3 is 1.30 bits per heavy atom. The molecule has 0 saturated heterocycles. The summed E-state index contributed by atoms with van der Waals surface area (Å²) in [7, 11) is 0. The van der Waals surface area contributed by atoms with E-state index in [9.17, 15) is 20.2 Å². The van der Waals surface area contributed by atoms with E-state index in [1.165, 1.54) is 36.4 Å². The fraction of sp³-hybridized carbons (Fsp3) is 0.409. The first-order valence-corrected chi connectivity index (χ1v) is 24.0. The lowest BCUT2D eigenvalue weighted by molar-refractivity contribution is -0.386. The molecule has 67 heavy (non-hydrogen) atoms. The van der Waals surface area contributed by atoms with Gasteiger partial charge >= 0.3 is 11.4 Å². The van der Waals surface area contributed by atoms with Crippen LogP contribution in [0.15, 0.2) is 69.7 Å². The molecular formula is C44H42Cl8N4O11. The van der Waals surface area contributed by atoms with Gasteiger partial charge in [0.05, 0.1) is 43.2 Å². The third-order valence-electron chi connectivity index (χ3n) is 10.5. The van der Waals surface area contributed by atoms with Crippen molar-refractivity contribution in [2.75, 3.05) is 26.4 Å². The SMILES string of the molecule is O=[N+]([O-])c1ccc(OC(CCOCCC(Oc2ccc([N+](=O)[O-])c(OC3CCCC3)n2)c2c(Cl)cc(OCC=C(Cl)Cl)cc2Cl)c2c(Cl)cc(OCC=C(Cl)Cl)cc2Cl)nc1OC1CCCC1. The summed E-state index contributed by atoms with van der Waals surface area (Å²) in [6.45, 7) is 0.156.